The predicted molar refractivity (Wildman–Crippen MR) is 129 cm³/mol. The lowest BCUT2D eigenvalue weighted by Crippen LogP contribution is -2.41. The molecular weight excluding hydrogens is 404 g/mol. The fourth-order valence-electron chi connectivity index (χ4n) is 3.16. The van der Waals surface area contributed by atoms with E-state index >= 15 is 0 Å². The lowest BCUT2D eigenvalue weighted by atomic mass is 10.1. The van der Waals surface area contributed by atoms with Gasteiger partial charge in [0.15, 0.2) is 0 Å². The fourth-order valence-corrected chi connectivity index (χ4v) is 3.16. The van der Waals surface area contributed by atoms with Crippen LogP contribution >= 0.6 is 0 Å². The van der Waals surface area contributed by atoms with Crippen molar-refractivity contribution >= 4 is 28.4 Å². The van der Waals surface area contributed by atoms with Crippen LogP contribution in [-0.2, 0) is 11.3 Å². The lowest BCUT2D eigenvalue weighted by Gasteiger charge is -2.19. The summed E-state index contributed by atoms with van der Waals surface area (Å²) in [6, 6.07) is 15.8. The summed E-state index contributed by atoms with van der Waals surface area (Å²) in [5, 5.41) is 7.10. The number of amides is 1. The molecule has 0 fully saturated rings. The van der Waals surface area contributed by atoms with Crippen LogP contribution in [-0.4, -0.2) is 29.8 Å². The van der Waals surface area contributed by atoms with Crippen LogP contribution in [0.1, 0.15) is 39.2 Å². The zero-order valence-corrected chi connectivity index (χ0v) is 19.0. The predicted octanol–water partition coefficient (Wildman–Crippen LogP) is 5.11. The van der Waals surface area contributed by atoms with Gasteiger partial charge in [0.25, 0.3) is 0 Å². The lowest BCUT2D eigenvalue weighted by molar-refractivity contribution is 0.136. The van der Waals surface area contributed by atoms with Gasteiger partial charge in [-0.25, -0.2) is 4.79 Å². The number of nitrogens with two attached hydrogens (primary N) is 1. The number of alkyl carbamates (subject to hydrolysis) is 1. The van der Waals surface area contributed by atoms with Crippen molar-refractivity contribution in [2.24, 2.45) is 0 Å². The van der Waals surface area contributed by atoms with E-state index in [1.807, 2.05) is 69.3 Å². The molecule has 0 atom stereocenters. The number of rotatable bonds is 9. The Kier molecular flexibility index (Phi) is 7.76. The van der Waals surface area contributed by atoms with Gasteiger partial charge in [-0.15, -0.1) is 0 Å². The third-order valence-electron chi connectivity index (χ3n) is 4.70. The Balaban J connectivity index is 1.55. The zero-order valence-electron chi connectivity index (χ0n) is 19.0. The number of anilines is 2. The van der Waals surface area contributed by atoms with Crippen molar-refractivity contribution in [1.82, 2.24) is 10.3 Å². The maximum atomic E-state index is 11.7. The Morgan fingerprint density at radius 2 is 1.88 bits per heavy atom. The first-order chi connectivity index (χ1) is 15.3. The standard InChI is InChI=1S/C25H32N4O3/c1-25(2,3)29-24(30)31-14-8-7-13-27-23-20-15-19(11-12-22(20)28-16-21(23)26)32-17-18-9-5-4-6-10-18/h4-6,9-12,15-16H,7-8,13-14,17,26H2,1-3H3,(H,27,28)(H,29,30). The summed E-state index contributed by atoms with van der Waals surface area (Å²) in [5.74, 6) is 0.759. The molecule has 0 saturated heterocycles. The fraction of sp³-hybridized carbons (Fsp3) is 0.360. The number of benzene rings is 2. The van der Waals surface area contributed by atoms with Gasteiger partial charge in [0.05, 0.1) is 29.7 Å². The number of carbonyl (C=O) groups excluding carboxylic acids is 1. The maximum absolute atomic E-state index is 11.7. The molecule has 0 unspecified atom stereocenters. The summed E-state index contributed by atoms with van der Waals surface area (Å²) in [4.78, 5) is 16.1. The van der Waals surface area contributed by atoms with Crippen LogP contribution in [0.3, 0.4) is 0 Å². The van der Waals surface area contributed by atoms with Crippen LogP contribution in [0.2, 0.25) is 0 Å². The Labute approximate surface area is 189 Å². The Morgan fingerprint density at radius 3 is 2.62 bits per heavy atom. The first kappa shape index (κ1) is 23.2. The molecule has 1 amide bonds. The van der Waals surface area contributed by atoms with Crippen LogP contribution in [0, 0.1) is 0 Å². The molecule has 2 aromatic carbocycles. The summed E-state index contributed by atoms with van der Waals surface area (Å²) in [7, 11) is 0. The van der Waals surface area contributed by atoms with E-state index in [0.29, 0.717) is 25.4 Å². The van der Waals surface area contributed by atoms with Gasteiger partial charge in [-0.3, -0.25) is 4.98 Å². The summed E-state index contributed by atoms with van der Waals surface area (Å²) >= 11 is 0. The van der Waals surface area contributed by atoms with Crippen LogP contribution < -0.4 is 21.1 Å². The minimum absolute atomic E-state index is 0.303. The van der Waals surface area contributed by atoms with E-state index in [4.69, 9.17) is 15.2 Å². The van der Waals surface area contributed by atoms with Crippen molar-refractivity contribution in [2.75, 3.05) is 24.2 Å². The second-order valence-electron chi connectivity index (χ2n) is 8.69. The average Bonchev–Trinajstić information content (AvgIpc) is 2.75. The average molecular weight is 437 g/mol. The Bertz CT molecular complexity index is 1030. The third kappa shape index (κ3) is 7.04. The molecule has 1 heterocycles. The van der Waals surface area contributed by atoms with E-state index < -0.39 is 6.09 Å². The summed E-state index contributed by atoms with van der Waals surface area (Å²) in [6.07, 6.45) is 2.85. The third-order valence-corrected chi connectivity index (χ3v) is 4.70. The molecule has 7 nitrogen and oxygen atoms in total. The van der Waals surface area contributed by atoms with Crippen LogP contribution in [0.15, 0.2) is 54.7 Å². The number of nitrogens with zero attached hydrogens (tertiary/aromatic N) is 1. The highest BCUT2D eigenvalue weighted by Gasteiger charge is 2.14. The highest BCUT2D eigenvalue weighted by molar-refractivity contribution is 5.97. The van der Waals surface area contributed by atoms with E-state index in [2.05, 4.69) is 15.6 Å². The molecule has 1 aromatic heterocycles. The molecule has 0 aliphatic carbocycles. The largest absolute Gasteiger partial charge is 0.489 e. The number of unbranched alkanes of at least 4 members (excludes halogenated alkanes) is 1. The minimum atomic E-state index is -0.391. The summed E-state index contributed by atoms with van der Waals surface area (Å²) < 4.78 is 11.2. The number of nitrogens with one attached hydrogen (secondary N) is 2. The van der Waals surface area contributed by atoms with E-state index in [1.54, 1.807) is 6.20 Å². The van der Waals surface area contributed by atoms with Gasteiger partial charge in [0, 0.05) is 17.5 Å². The Hall–Kier alpha value is -3.48. The van der Waals surface area contributed by atoms with E-state index in [1.165, 1.54) is 0 Å². The van der Waals surface area contributed by atoms with Crippen LogP contribution in [0.5, 0.6) is 5.75 Å². The number of carbonyl (C=O) groups is 1. The molecule has 32 heavy (non-hydrogen) atoms. The maximum Gasteiger partial charge on any atom is 0.407 e. The number of aromatic nitrogens is 1. The van der Waals surface area contributed by atoms with Gasteiger partial charge in [-0.05, 0) is 57.4 Å². The second kappa shape index (κ2) is 10.7. The van der Waals surface area contributed by atoms with E-state index in [9.17, 15) is 4.79 Å². The minimum Gasteiger partial charge on any atom is -0.489 e. The van der Waals surface area contributed by atoms with Crippen LogP contribution in [0.4, 0.5) is 16.2 Å². The molecule has 0 aliphatic heterocycles. The second-order valence-corrected chi connectivity index (χ2v) is 8.69. The molecule has 0 bridgehead atoms. The normalized spacial score (nSPS) is 11.2. The van der Waals surface area contributed by atoms with Crippen LogP contribution in [0.25, 0.3) is 10.9 Å². The molecular formula is C25H32N4O3. The highest BCUT2D eigenvalue weighted by Crippen LogP contribution is 2.31. The first-order valence-corrected chi connectivity index (χ1v) is 10.9. The van der Waals surface area contributed by atoms with Crippen molar-refractivity contribution < 1.29 is 14.3 Å². The van der Waals surface area contributed by atoms with Crippen molar-refractivity contribution in [2.45, 2.75) is 45.8 Å². The first-order valence-electron chi connectivity index (χ1n) is 10.9. The van der Waals surface area contributed by atoms with Gasteiger partial charge < -0.3 is 25.8 Å². The molecule has 7 heteroatoms. The van der Waals surface area contributed by atoms with Gasteiger partial charge in [0.1, 0.15) is 12.4 Å². The van der Waals surface area contributed by atoms with Crippen molar-refractivity contribution in [1.29, 1.82) is 0 Å². The highest BCUT2D eigenvalue weighted by atomic mass is 16.5. The summed E-state index contributed by atoms with van der Waals surface area (Å²) in [5.41, 5.74) is 9.27. The quantitative estimate of drug-likeness (QED) is 0.403. The molecule has 0 spiro atoms. The number of nitrogen functional groups attached to an aromatic ring is 1. The van der Waals surface area contributed by atoms with Gasteiger partial charge in [-0.1, -0.05) is 30.3 Å². The number of pyridine rings is 1. The number of hydrogen-bond acceptors (Lipinski definition) is 6. The molecule has 3 rings (SSSR count). The van der Waals surface area contributed by atoms with Crippen molar-refractivity contribution in [3.05, 3.63) is 60.3 Å². The van der Waals surface area contributed by atoms with E-state index in [-0.39, 0.29) is 5.54 Å². The number of fused-ring (bicyclic) bond motifs is 1. The molecule has 0 radical (unpaired) electrons. The van der Waals surface area contributed by atoms with E-state index in [0.717, 1.165) is 40.7 Å². The smallest absolute Gasteiger partial charge is 0.407 e. The van der Waals surface area contributed by atoms with Crippen molar-refractivity contribution in [3.63, 3.8) is 0 Å². The molecule has 4 N–H and O–H groups in total. The van der Waals surface area contributed by atoms with Gasteiger partial charge in [-0.2, -0.15) is 0 Å². The van der Waals surface area contributed by atoms with Crippen molar-refractivity contribution in [3.8, 4) is 5.75 Å². The molecule has 3 aromatic rings. The molecule has 0 saturated carbocycles. The Morgan fingerprint density at radius 1 is 1.09 bits per heavy atom. The molecule has 0 aliphatic rings. The summed E-state index contributed by atoms with van der Waals surface area (Å²) in [6.45, 7) is 7.31. The SMILES string of the molecule is CC(C)(C)NC(=O)OCCCCNc1c(N)cnc2ccc(OCc3ccccc3)cc12. The monoisotopic (exact) mass is 436 g/mol. The number of hydrogen-bond donors (Lipinski definition) is 3. The van der Waals surface area contributed by atoms with Gasteiger partial charge >= 0.3 is 6.09 Å². The number of ether oxygens (including phenoxy) is 2. The van der Waals surface area contributed by atoms with Gasteiger partial charge in [0.2, 0.25) is 0 Å². The zero-order chi connectivity index (χ0) is 23.0. The molecule has 170 valence electrons. The topological polar surface area (TPSA) is 98.5 Å².